The van der Waals surface area contributed by atoms with Gasteiger partial charge in [0.05, 0.1) is 22.5 Å². The summed E-state index contributed by atoms with van der Waals surface area (Å²) in [6, 6.07) is 2.69. The van der Waals surface area contributed by atoms with Crippen LogP contribution in [-0.2, 0) is 17.6 Å². The van der Waals surface area contributed by atoms with E-state index in [0.29, 0.717) is 10.6 Å². The monoisotopic (exact) mass is 352 g/mol. The normalized spacial score (nSPS) is 12.7. The number of ether oxygens (including phenoxy) is 1. The van der Waals surface area contributed by atoms with Crippen LogP contribution in [0.5, 0.6) is 0 Å². The van der Waals surface area contributed by atoms with Crippen LogP contribution in [0.4, 0.5) is 10.0 Å². The molecule has 120 valence electrons. The molecule has 0 saturated carbocycles. The lowest BCUT2D eigenvalue weighted by Crippen LogP contribution is -2.13. The van der Waals surface area contributed by atoms with Crippen molar-refractivity contribution in [2.45, 2.75) is 19.3 Å². The molecular weight excluding hydrogens is 340 g/mol. The van der Waals surface area contributed by atoms with Crippen molar-refractivity contribution in [3.8, 4) is 0 Å². The fraction of sp³-hybridized carbons (Fsp3) is 0.286. The second kappa shape index (κ2) is 6.09. The first-order valence-electron chi connectivity index (χ1n) is 6.79. The molecule has 0 saturated heterocycles. The highest BCUT2D eigenvalue weighted by molar-refractivity contribution is 7.18. The summed E-state index contributed by atoms with van der Waals surface area (Å²) in [7, 11) is 1.30. The van der Waals surface area contributed by atoms with Gasteiger partial charge in [0.1, 0.15) is 5.00 Å². The van der Waals surface area contributed by atoms with Crippen LogP contribution in [0.15, 0.2) is 12.1 Å². The molecule has 7 nitrogen and oxygen atoms in total. The van der Waals surface area contributed by atoms with E-state index >= 15 is 0 Å². The fourth-order valence-corrected chi connectivity index (χ4v) is 4.51. The molecule has 23 heavy (non-hydrogen) atoms. The van der Waals surface area contributed by atoms with Crippen LogP contribution in [0.2, 0.25) is 0 Å². The molecule has 0 fully saturated rings. The SMILES string of the molecule is COC(=O)c1c(NC(=O)c2ccc([N+](=O)[O-])s2)sc2c1CCC2. The van der Waals surface area contributed by atoms with E-state index in [-0.39, 0.29) is 9.88 Å². The minimum absolute atomic E-state index is 0.1000. The van der Waals surface area contributed by atoms with Crippen molar-refractivity contribution >= 4 is 44.6 Å². The van der Waals surface area contributed by atoms with Gasteiger partial charge in [0.2, 0.25) is 0 Å². The first-order chi connectivity index (χ1) is 11.0. The lowest BCUT2D eigenvalue weighted by atomic mass is 10.1. The molecular formula is C14H12N2O5S2. The molecule has 1 aliphatic rings. The van der Waals surface area contributed by atoms with Crippen LogP contribution in [0, 0.1) is 10.1 Å². The molecule has 9 heteroatoms. The molecule has 2 heterocycles. The molecule has 0 spiro atoms. The molecule has 2 aromatic rings. The van der Waals surface area contributed by atoms with Crippen molar-refractivity contribution in [2.24, 2.45) is 0 Å². The zero-order chi connectivity index (χ0) is 16.6. The molecule has 0 bridgehead atoms. The van der Waals surface area contributed by atoms with E-state index in [4.69, 9.17) is 4.74 Å². The summed E-state index contributed by atoms with van der Waals surface area (Å²) in [6.45, 7) is 0. The average molecular weight is 352 g/mol. The van der Waals surface area contributed by atoms with Gasteiger partial charge in [-0.2, -0.15) is 0 Å². The number of methoxy groups -OCH3 is 1. The molecule has 0 atom stereocenters. The average Bonchev–Trinajstić information content (AvgIpc) is 3.21. The third kappa shape index (κ3) is 2.84. The Balaban J connectivity index is 1.89. The standard InChI is InChI=1S/C14H12N2O5S2/c1-21-14(18)11-7-3-2-4-8(7)23-13(11)15-12(17)9-5-6-10(22-9)16(19)20/h5-6H,2-4H2,1H3,(H,15,17). The highest BCUT2D eigenvalue weighted by Gasteiger charge is 2.28. The van der Waals surface area contributed by atoms with E-state index in [1.54, 1.807) is 0 Å². The first kappa shape index (κ1) is 15.6. The van der Waals surface area contributed by atoms with Gasteiger partial charge in [0, 0.05) is 10.9 Å². The second-order valence-electron chi connectivity index (χ2n) is 4.90. The summed E-state index contributed by atoms with van der Waals surface area (Å²) in [4.78, 5) is 35.7. The summed E-state index contributed by atoms with van der Waals surface area (Å²) < 4.78 is 4.81. The van der Waals surface area contributed by atoms with Crippen LogP contribution in [-0.4, -0.2) is 23.9 Å². The third-order valence-electron chi connectivity index (χ3n) is 3.53. The number of nitro groups is 1. The number of hydrogen-bond donors (Lipinski definition) is 1. The first-order valence-corrected chi connectivity index (χ1v) is 8.43. The van der Waals surface area contributed by atoms with Crippen LogP contribution < -0.4 is 5.32 Å². The summed E-state index contributed by atoms with van der Waals surface area (Å²) in [5, 5.41) is 13.7. The molecule has 2 aromatic heterocycles. The number of nitrogens with zero attached hydrogens (tertiary/aromatic N) is 1. The van der Waals surface area contributed by atoms with Crippen LogP contribution >= 0.6 is 22.7 Å². The number of thiophene rings is 2. The topological polar surface area (TPSA) is 98.5 Å². The Morgan fingerprint density at radius 3 is 2.74 bits per heavy atom. The smallest absolute Gasteiger partial charge is 0.341 e. The Morgan fingerprint density at radius 1 is 1.30 bits per heavy atom. The van der Waals surface area contributed by atoms with Crippen molar-refractivity contribution in [3.05, 3.63) is 43.1 Å². The maximum Gasteiger partial charge on any atom is 0.341 e. The van der Waals surface area contributed by atoms with E-state index < -0.39 is 16.8 Å². The third-order valence-corrected chi connectivity index (χ3v) is 5.78. The van der Waals surface area contributed by atoms with Gasteiger partial charge in [-0.15, -0.1) is 11.3 Å². The van der Waals surface area contributed by atoms with E-state index in [2.05, 4.69) is 5.32 Å². The zero-order valence-electron chi connectivity index (χ0n) is 12.1. The number of carbonyl (C=O) groups is 2. The molecule has 1 N–H and O–H groups in total. The number of rotatable bonds is 4. The number of hydrogen-bond acceptors (Lipinski definition) is 7. The van der Waals surface area contributed by atoms with E-state index in [9.17, 15) is 19.7 Å². The molecule has 1 aliphatic carbocycles. The molecule has 0 aliphatic heterocycles. The zero-order valence-corrected chi connectivity index (χ0v) is 13.7. The van der Waals surface area contributed by atoms with Gasteiger partial charge in [-0.1, -0.05) is 11.3 Å². The minimum Gasteiger partial charge on any atom is -0.465 e. The summed E-state index contributed by atoms with van der Waals surface area (Å²) >= 11 is 2.16. The number of carbonyl (C=O) groups excluding carboxylic acids is 2. The van der Waals surface area contributed by atoms with Crippen molar-refractivity contribution in [1.29, 1.82) is 0 Å². The molecule has 3 rings (SSSR count). The maximum absolute atomic E-state index is 12.3. The summed E-state index contributed by atoms with van der Waals surface area (Å²) in [5.74, 6) is -0.940. The minimum atomic E-state index is -0.541. The Bertz CT molecular complexity index is 808. The lowest BCUT2D eigenvalue weighted by Gasteiger charge is -2.05. The fourth-order valence-electron chi connectivity index (χ4n) is 2.52. The van der Waals surface area contributed by atoms with Gasteiger partial charge < -0.3 is 10.1 Å². The largest absolute Gasteiger partial charge is 0.465 e. The Hall–Kier alpha value is -2.26. The van der Waals surface area contributed by atoms with Crippen LogP contribution in [0.25, 0.3) is 0 Å². The van der Waals surface area contributed by atoms with Gasteiger partial charge >= 0.3 is 11.0 Å². The quantitative estimate of drug-likeness (QED) is 0.517. The number of anilines is 1. The maximum atomic E-state index is 12.3. The summed E-state index contributed by atoms with van der Waals surface area (Å²) in [6.07, 6.45) is 2.65. The van der Waals surface area contributed by atoms with E-state index in [0.717, 1.165) is 41.0 Å². The van der Waals surface area contributed by atoms with E-state index in [1.807, 2.05) is 0 Å². The van der Waals surface area contributed by atoms with Gasteiger partial charge in [-0.3, -0.25) is 14.9 Å². The molecule has 0 aromatic carbocycles. The molecule has 0 unspecified atom stereocenters. The second-order valence-corrected chi connectivity index (χ2v) is 7.07. The summed E-state index contributed by atoms with van der Waals surface area (Å²) in [5.41, 5.74) is 1.35. The van der Waals surface area contributed by atoms with Crippen molar-refractivity contribution in [2.75, 3.05) is 12.4 Å². The predicted molar refractivity (Wildman–Crippen MR) is 86.6 cm³/mol. The number of fused-ring (bicyclic) bond motifs is 1. The van der Waals surface area contributed by atoms with Gasteiger partial charge in [0.15, 0.2) is 0 Å². The van der Waals surface area contributed by atoms with Crippen LogP contribution in [0.3, 0.4) is 0 Å². The number of nitrogens with one attached hydrogen (secondary N) is 1. The Kier molecular flexibility index (Phi) is 4.14. The lowest BCUT2D eigenvalue weighted by molar-refractivity contribution is -0.380. The molecule has 1 amide bonds. The molecule has 0 radical (unpaired) electrons. The Morgan fingerprint density at radius 2 is 2.09 bits per heavy atom. The number of esters is 1. The van der Waals surface area contributed by atoms with Gasteiger partial charge in [0.25, 0.3) is 5.91 Å². The van der Waals surface area contributed by atoms with Crippen LogP contribution in [0.1, 0.15) is 36.9 Å². The van der Waals surface area contributed by atoms with Crippen molar-refractivity contribution in [3.63, 3.8) is 0 Å². The van der Waals surface area contributed by atoms with Crippen molar-refractivity contribution in [1.82, 2.24) is 0 Å². The van der Waals surface area contributed by atoms with Gasteiger partial charge in [-0.25, -0.2) is 4.79 Å². The van der Waals surface area contributed by atoms with Crippen molar-refractivity contribution < 1.29 is 19.2 Å². The van der Waals surface area contributed by atoms with Gasteiger partial charge in [-0.05, 0) is 30.9 Å². The highest BCUT2D eigenvalue weighted by Crippen LogP contribution is 2.40. The number of amides is 1. The predicted octanol–water partition coefficient (Wildman–Crippen LogP) is 3.25. The Labute approximate surface area is 139 Å². The highest BCUT2D eigenvalue weighted by atomic mass is 32.1. The number of aryl methyl sites for hydroxylation is 1. The van der Waals surface area contributed by atoms with E-state index in [1.165, 1.54) is 30.6 Å².